The van der Waals surface area contributed by atoms with E-state index in [0.29, 0.717) is 42.2 Å². The van der Waals surface area contributed by atoms with Gasteiger partial charge in [0.25, 0.3) is 11.8 Å². The van der Waals surface area contributed by atoms with Crippen LogP contribution in [0.1, 0.15) is 84.2 Å². The summed E-state index contributed by atoms with van der Waals surface area (Å²) < 4.78 is 4.93. The number of alkyl carbamates (subject to hydrolysis) is 1. The van der Waals surface area contributed by atoms with Crippen molar-refractivity contribution < 1.29 is 29.0 Å². The average molecular weight is 869 g/mol. The summed E-state index contributed by atoms with van der Waals surface area (Å²) in [5.41, 5.74) is 7.79. The molecule has 5 N–H and O–H groups in total. The number of methoxy groups -OCH3 is 1. The summed E-state index contributed by atoms with van der Waals surface area (Å²) in [5, 5.41) is 14.7. The van der Waals surface area contributed by atoms with E-state index in [-0.39, 0.29) is 29.9 Å². The van der Waals surface area contributed by atoms with Crippen molar-refractivity contribution in [3.63, 3.8) is 0 Å². The van der Waals surface area contributed by atoms with E-state index in [2.05, 4.69) is 49.9 Å². The molecule has 0 unspecified atom stereocenters. The number of imidazole rings is 2. The second-order valence-corrected chi connectivity index (χ2v) is 16.2. The van der Waals surface area contributed by atoms with Crippen LogP contribution < -0.4 is 10.6 Å². The van der Waals surface area contributed by atoms with Crippen molar-refractivity contribution in [2.24, 2.45) is 0 Å². The van der Waals surface area contributed by atoms with Crippen molar-refractivity contribution in [1.29, 1.82) is 0 Å². The van der Waals surface area contributed by atoms with E-state index in [0.717, 1.165) is 52.0 Å². The minimum Gasteiger partial charge on any atom is -0.465 e. The van der Waals surface area contributed by atoms with Gasteiger partial charge >= 0.3 is 12.2 Å². The van der Waals surface area contributed by atoms with Crippen LogP contribution in [0.4, 0.5) is 9.59 Å². The van der Waals surface area contributed by atoms with Gasteiger partial charge in [-0.15, -0.1) is 0 Å². The molecular weight excluding hydrogens is 821 g/mol. The molecule has 4 heterocycles. The molecule has 2 saturated heterocycles. The minimum atomic E-state index is -1.26. The summed E-state index contributed by atoms with van der Waals surface area (Å²) in [6, 6.07) is 41.5. The third-order valence-corrected chi connectivity index (χ3v) is 12.4. The molecule has 2 aliphatic heterocycles. The van der Waals surface area contributed by atoms with Crippen LogP contribution in [0.5, 0.6) is 0 Å². The molecule has 0 aliphatic carbocycles. The Morgan fingerprint density at radius 3 is 1.60 bits per heavy atom. The number of aromatic nitrogens is 4. The van der Waals surface area contributed by atoms with Crippen LogP contribution in [0.3, 0.4) is 0 Å². The number of nitrogens with one attached hydrogen (secondary N) is 4. The van der Waals surface area contributed by atoms with Gasteiger partial charge < -0.3 is 40.2 Å². The van der Waals surface area contributed by atoms with Crippen LogP contribution in [0.15, 0.2) is 152 Å². The molecule has 5 atom stereocenters. The molecule has 5 aromatic carbocycles. The average Bonchev–Trinajstić information content (AvgIpc) is 4.20. The van der Waals surface area contributed by atoms with E-state index < -0.39 is 24.3 Å². The van der Waals surface area contributed by atoms with Gasteiger partial charge in [-0.25, -0.2) is 19.6 Å². The monoisotopic (exact) mass is 868 g/mol. The van der Waals surface area contributed by atoms with Crippen LogP contribution in [0, 0.1) is 0 Å². The fraction of sp³-hybridized carbons (Fsp3) is 0.216. The topological polar surface area (TPSA) is 186 Å². The molecule has 0 bridgehead atoms. The maximum Gasteiger partial charge on any atom is 0.407 e. The Bertz CT molecular complexity index is 2760. The van der Waals surface area contributed by atoms with Gasteiger partial charge in [0.2, 0.25) is 0 Å². The molecule has 0 saturated carbocycles. The van der Waals surface area contributed by atoms with Gasteiger partial charge in [0.05, 0.1) is 49.0 Å². The van der Waals surface area contributed by atoms with Gasteiger partial charge in [-0.05, 0) is 64.6 Å². The van der Waals surface area contributed by atoms with E-state index in [1.54, 1.807) is 41.6 Å². The molecule has 14 nitrogen and oxygen atoms in total. The van der Waals surface area contributed by atoms with Crippen molar-refractivity contribution in [3.05, 3.63) is 180 Å². The van der Waals surface area contributed by atoms with Crippen molar-refractivity contribution >= 4 is 24.0 Å². The number of H-pyrrole nitrogens is 2. The van der Waals surface area contributed by atoms with E-state index in [1.165, 1.54) is 7.11 Å². The van der Waals surface area contributed by atoms with Crippen LogP contribution in [-0.2, 0) is 14.3 Å². The number of rotatable bonds is 12. The zero-order chi connectivity index (χ0) is 44.9. The molecule has 0 radical (unpaired) electrons. The first-order valence-corrected chi connectivity index (χ1v) is 21.7. The summed E-state index contributed by atoms with van der Waals surface area (Å²) in [4.78, 5) is 72.7. The first-order valence-electron chi connectivity index (χ1n) is 21.7. The molecule has 2 fully saturated rings. The highest BCUT2D eigenvalue weighted by Gasteiger charge is 2.43. The number of hydrogen-bond donors (Lipinski definition) is 5. The Morgan fingerprint density at radius 2 is 1.08 bits per heavy atom. The number of hydrogen-bond acceptors (Lipinski definition) is 7. The Labute approximate surface area is 375 Å². The fourth-order valence-corrected chi connectivity index (χ4v) is 9.18. The summed E-state index contributed by atoms with van der Waals surface area (Å²) in [5.74, 6) is 0.758. The fourth-order valence-electron chi connectivity index (χ4n) is 9.18. The Kier molecular flexibility index (Phi) is 12.2. The number of nitrogens with zero attached hydrogens (tertiary/aromatic N) is 4. The van der Waals surface area contributed by atoms with Gasteiger partial charge in [-0.1, -0.05) is 140 Å². The largest absolute Gasteiger partial charge is 0.465 e. The molecule has 2 aliphatic rings. The predicted octanol–water partition coefficient (Wildman–Crippen LogP) is 9.31. The van der Waals surface area contributed by atoms with Gasteiger partial charge in [0.15, 0.2) is 0 Å². The number of carbonyl (C=O) groups is 4. The SMILES string of the molecule is COC(=O)N[C@@H](C(=O)N1[C@@H](c2ccccc2)CC[C@H]1c1ncc(-c2ccc(-c3ccc(-c4cnc([C@H]5CCCN5C(=O)[C@H](NC(=O)O)c5ccccc5)[nH]4)cc3)cc2)[nH]1)c1ccccc1. The summed E-state index contributed by atoms with van der Waals surface area (Å²) >= 11 is 0. The molecule has 7 aromatic rings. The molecule has 0 spiro atoms. The third kappa shape index (κ3) is 8.96. The molecule has 9 rings (SSSR count). The normalized spacial score (nSPS) is 17.9. The quantitative estimate of drug-likeness (QED) is 0.0804. The second kappa shape index (κ2) is 18.8. The standard InChI is InChI=1S/C51H48N8O6/c1-65-51(64)57-45(38-16-9-4-10-17-38)49(61)59-41(36-12-5-2-6-13-36)27-28-43(59)47-53-31-40(55-47)35-25-21-33(22-26-35)32-19-23-34(24-20-32)39-30-52-46(54-39)42-18-11-29-58(42)48(60)44(56-50(62)63)37-14-7-3-8-15-37/h2-10,12-17,19-26,30-31,41-45,56H,11,18,27-29H2,1H3,(H,52,54)(H,53,55)(H,57,64)(H,62,63)/t41-,42-,43+,44-,45-/m1/s1. The van der Waals surface area contributed by atoms with Gasteiger partial charge in [-0.2, -0.15) is 0 Å². The van der Waals surface area contributed by atoms with E-state index in [4.69, 9.17) is 9.72 Å². The van der Waals surface area contributed by atoms with Crippen LogP contribution in [0.2, 0.25) is 0 Å². The Balaban J connectivity index is 0.900. The number of ether oxygens (including phenoxy) is 1. The highest BCUT2D eigenvalue weighted by atomic mass is 16.5. The summed E-state index contributed by atoms with van der Waals surface area (Å²) in [7, 11) is 1.28. The lowest BCUT2D eigenvalue weighted by atomic mass is 10.0. The molecule has 14 heteroatoms. The van der Waals surface area contributed by atoms with Gasteiger partial charge in [-0.3, -0.25) is 9.59 Å². The highest BCUT2D eigenvalue weighted by molar-refractivity contribution is 5.88. The number of likely N-dealkylation sites (tertiary alicyclic amines) is 2. The van der Waals surface area contributed by atoms with Crippen LogP contribution >= 0.6 is 0 Å². The van der Waals surface area contributed by atoms with Crippen molar-refractivity contribution in [1.82, 2.24) is 40.4 Å². The van der Waals surface area contributed by atoms with Crippen LogP contribution in [0.25, 0.3) is 33.6 Å². The van der Waals surface area contributed by atoms with E-state index in [1.807, 2.05) is 95.9 Å². The lowest BCUT2D eigenvalue weighted by molar-refractivity contribution is -0.137. The minimum absolute atomic E-state index is 0.231. The molecule has 2 aromatic heterocycles. The number of carbonyl (C=O) groups excluding carboxylic acids is 3. The Hall–Kier alpha value is -8.00. The molecular formula is C51H48N8O6. The molecule has 328 valence electrons. The summed E-state index contributed by atoms with van der Waals surface area (Å²) in [6.45, 7) is 0.502. The van der Waals surface area contributed by atoms with E-state index in [9.17, 15) is 24.3 Å². The van der Waals surface area contributed by atoms with Crippen molar-refractivity contribution in [3.8, 4) is 33.6 Å². The van der Waals surface area contributed by atoms with E-state index >= 15 is 0 Å². The maximum absolute atomic E-state index is 14.7. The highest BCUT2D eigenvalue weighted by Crippen LogP contribution is 2.45. The summed E-state index contributed by atoms with van der Waals surface area (Å²) in [6.07, 6.45) is 4.49. The van der Waals surface area contributed by atoms with Crippen molar-refractivity contribution in [2.75, 3.05) is 13.7 Å². The van der Waals surface area contributed by atoms with Gasteiger partial charge in [0.1, 0.15) is 23.7 Å². The predicted molar refractivity (Wildman–Crippen MR) is 244 cm³/mol. The van der Waals surface area contributed by atoms with Crippen LogP contribution in [-0.4, -0.2) is 72.5 Å². The number of carboxylic acid groups (broad SMARTS) is 1. The zero-order valence-corrected chi connectivity index (χ0v) is 35.6. The number of amides is 4. The van der Waals surface area contributed by atoms with Gasteiger partial charge in [0, 0.05) is 6.54 Å². The number of benzene rings is 5. The second-order valence-electron chi connectivity index (χ2n) is 16.2. The first-order chi connectivity index (χ1) is 31.7. The Morgan fingerprint density at radius 1 is 0.600 bits per heavy atom. The first kappa shape index (κ1) is 42.3. The molecule has 65 heavy (non-hydrogen) atoms. The zero-order valence-electron chi connectivity index (χ0n) is 35.6. The van der Waals surface area contributed by atoms with Crippen molar-refractivity contribution in [2.45, 2.75) is 55.9 Å². The lowest BCUT2D eigenvalue weighted by Gasteiger charge is -2.33. The molecule has 4 amide bonds. The maximum atomic E-state index is 14.7. The smallest absolute Gasteiger partial charge is 0.407 e. The lowest BCUT2D eigenvalue weighted by Crippen LogP contribution is -2.43. The third-order valence-electron chi connectivity index (χ3n) is 12.4. The number of aromatic amines is 2.